The van der Waals surface area contributed by atoms with Crippen LogP contribution in [0, 0.1) is 0 Å². The number of phenols is 2. The van der Waals surface area contributed by atoms with Crippen molar-refractivity contribution in [2.24, 2.45) is 0 Å². The molecule has 0 saturated carbocycles. The van der Waals surface area contributed by atoms with Crippen molar-refractivity contribution in [2.45, 2.75) is 32.0 Å². The summed E-state index contributed by atoms with van der Waals surface area (Å²) in [6.45, 7) is 2.05. The van der Waals surface area contributed by atoms with Crippen LogP contribution in [0.25, 0.3) is 0 Å². The molecule has 4 nitrogen and oxygen atoms in total. The number of ether oxygens (including phenoxy) is 1. The molecule has 0 saturated heterocycles. The number of aromatic nitrogens is 1. The van der Waals surface area contributed by atoms with Gasteiger partial charge in [-0.1, -0.05) is 13.0 Å². The molecule has 0 fully saturated rings. The van der Waals surface area contributed by atoms with Gasteiger partial charge in [0.05, 0.1) is 12.2 Å². The summed E-state index contributed by atoms with van der Waals surface area (Å²) in [4.78, 5) is 4.01. The SMILES string of the molecule is CCC1OC(c2ccncc2)Cc2c1ccc(O)c2O. The van der Waals surface area contributed by atoms with Gasteiger partial charge in [-0.3, -0.25) is 4.98 Å². The zero-order valence-electron chi connectivity index (χ0n) is 11.3. The number of phenolic OH excluding ortho intramolecular Hbond substituents is 2. The minimum absolute atomic E-state index is 0.0247. The van der Waals surface area contributed by atoms with Crippen LogP contribution >= 0.6 is 0 Å². The minimum atomic E-state index is -0.122. The Bertz CT molecular complexity index is 613. The summed E-state index contributed by atoms with van der Waals surface area (Å²) in [5.41, 5.74) is 2.78. The van der Waals surface area contributed by atoms with Crippen molar-refractivity contribution < 1.29 is 14.9 Å². The van der Waals surface area contributed by atoms with Crippen molar-refractivity contribution in [1.82, 2.24) is 4.98 Å². The molecule has 20 heavy (non-hydrogen) atoms. The van der Waals surface area contributed by atoms with Crippen LogP contribution in [0.4, 0.5) is 0 Å². The summed E-state index contributed by atoms with van der Waals surface area (Å²) in [6.07, 6.45) is 4.65. The molecule has 0 aliphatic carbocycles. The third-order valence-electron chi connectivity index (χ3n) is 3.81. The summed E-state index contributed by atoms with van der Waals surface area (Å²) < 4.78 is 6.12. The average Bonchev–Trinajstić information content (AvgIpc) is 2.51. The Kier molecular flexibility index (Phi) is 3.32. The Balaban J connectivity index is 2.03. The highest BCUT2D eigenvalue weighted by atomic mass is 16.5. The van der Waals surface area contributed by atoms with E-state index in [4.69, 9.17) is 4.74 Å². The Labute approximate surface area is 117 Å². The van der Waals surface area contributed by atoms with Gasteiger partial charge in [0.2, 0.25) is 0 Å². The molecule has 2 atom stereocenters. The highest BCUT2D eigenvalue weighted by Crippen LogP contribution is 2.44. The molecular weight excluding hydrogens is 254 g/mol. The molecule has 104 valence electrons. The lowest BCUT2D eigenvalue weighted by Gasteiger charge is -2.32. The number of pyridine rings is 1. The third-order valence-corrected chi connectivity index (χ3v) is 3.81. The van der Waals surface area contributed by atoms with Crippen LogP contribution in [0.15, 0.2) is 36.7 Å². The highest BCUT2D eigenvalue weighted by Gasteiger charge is 2.30. The van der Waals surface area contributed by atoms with E-state index in [1.807, 2.05) is 25.1 Å². The van der Waals surface area contributed by atoms with E-state index in [0.29, 0.717) is 6.42 Å². The van der Waals surface area contributed by atoms with Crippen LogP contribution < -0.4 is 0 Å². The maximum Gasteiger partial charge on any atom is 0.161 e. The molecule has 0 radical (unpaired) electrons. The number of aromatic hydroxyl groups is 2. The van der Waals surface area contributed by atoms with Gasteiger partial charge in [-0.2, -0.15) is 0 Å². The van der Waals surface area contributed by atoms with Crippen LogP contribution in [0.3, 0.4) is 0 Å². The first-order valence-electron chi connectivity index (χ1n) is 6.79. The van der Waals surface area contributed by atoms with Crippen LogP contribution in [0.1, 0.15) is 42.2 Å². The lowest BCUT2D eigenvalue weighted by Crippen LogP contribution is -2.20. The van der Waals surface area contributed by atoms with Gasteiger partial charge in [-0.15, -0.1) is 0 Å². The van der Waals surface area contributed by atoms with Crippen molar-refractivity contribution in [1.29, 1.82) is 0 Å². The molecular formula is C16H17NO3. The number of fused-ring (bicyclic) bond motifs is 1. The van der Waals surface area contributed by atoms with E-state index in [2.05, 4.69) is 4.98 Å². The summed E-state index contributed by atoms with van der Waals surface area (Å²) >= 11 is 0. The highest BCUT2D eigenvalue weighted by molar-refractivity contribution is 5.51. The van der Waals surface area contributed by atoms with Crippen LogP contribution in [-0.2, 0) is 11.2 Å². The van der Waals surface area contributed by atoms with Crippen LogP contribution in [-0.4, -0.2) is 15.2 Å². The predicted molar refractivity (Wildman–Crippen MR) is 74.6 cm³/mol. The number of benzene rings is 1. The monoisotopic (exact) mass is 271 g/mol. The zero-order valence-corrected chi connectivity index (χ0v) is 11.3. The Morgan fingerprint density at radius 1 is 1.20 bits per heavy atom. The fraction of sp³-hybridized carbons (Fsp3) is 0.312. The fourth-order valence-corrected chi connectivity index (χ4v) is 2.75. The molecule has 2 heterocycles. The predicted octanol–water partition coefficient (Wildman–Crippen LogP) is 3.26. The van der Waals surface area contributed by atoms with Gasteiger partial charge in [0.15, 0.2) is 11.5 Å². The van der Waals surface area contributed by atoms with Crippen molar-refractivity contribution in [2.75, 3.05) is 0 Å². The summed E-state index contributed by atoms with van der Waals surface area (Å²) in [6, 6.07) is 7.19. The molecule has 1 aromatic heterocycles. The van der Waals surface area contributed by atoms with Crippen molar-refractivity contribution in [3.05, 3.63) is 53.3 Å². The Hall–Kier alpha value is -2.07. The van der Waals surface area contributed by atoms with Crippen molar-refractivity contribution in [3.63, 3.8) is 0 Å². The van der Waals surface area contributed by atoms with Gasteiger partial charge in [-0.25, -0.2) is 0 Å². The van der Waals surface area contributed by atoms with Crippen molar-refractivity contribution >= 4 is 0 Å². The summed E-state index contributed by atoms with van der Waals surface area (Å²) in [7, 11) is 0. The normalized spacial score (nSPS) is 21.4. The molecule has 1 aromatic carbocycles. The topological polar surface area (TPSA) is 62.6 Å². The molecule has 2 unspecified atom stereocenters. The second-order valence-corrected chi connectivity index (χ2v) is 5.01. The first-order chi connectivity index (χ1) is 9.70. The lowest BCUT2D eigenvalue weighted by atomic mass is 9.89. The second-order valence-electron chi connectivity index (χ2n) is 5.01. The van der Waals surface area contributed by atoms with Gasteiger partial charge in [-0.05, 0) is 35.7 Å². The molecule has 1 aliphatic heterocycles. The Morgan fingerprint density at radius 2 is 1.95 bits per heavy atom. The third kappa shape index (κ3) is 2.12. The summed E-state index contributed by atoms with van der Waals surface area (Å²) in [5.74, 6) is -0.0997. The molecule has 3 rings (SSSR count). The van der Waals surface area contributed by atoms with Gasteiger partial charge >= 0.3 is 0 Å². The molecule has 2 N–H and O–H groups in total. The van der Waals surface area contributed by atoms with E-state index in [1.165, 1.54) is 6.07 Å². The van der Waals surface area contributed by atoms with Crippen molar-refractivity contribution in [3.8, 4) is 11.5 Å². The number of hydrogen-bond donors (Lipinski definition) is 2. The zero-order chi connectivity index (χ0) is 14.1. The quantitative estimate of drug-likeness (QED) is 0.823. The van der Waals surface area contributed by atoms with Gasteiger partial charge in [0, 0.05) is 24.4 Å². The maximum absolute atomic E-state index is 10.1. The van der Waals surface area contributed by atoms with E-state index in [0.717, 1.165) is 23.1 Å². The van der Waals surface area contributed by atoms with E-state index >= 15 is 0 Å². The first-order valence-corrected chi connectivity index (χ1v) is 6.79. The second kappa shape index (κ2) is 5.13. The molecule has 4 heteroatoms. The largest absolute Gasteiger partial charge is 0.504 e. The smallest absolute Gasteiger partial charge is 0.161 e. The molecule has 0 amide bonds. The van der Waals surface area contributed by atoms with E-state index in [1.54, 1.807) is 12.4 Å². The van der Waals surface area contributed by atoms with Gasteiger partial charge in [0.1, 0.15) is 0 Å². The lowest BCUT2D eigenvalue weighted by molar-refractivity contribution is -0.0299. The molecule has 2 aromatic rings. The van der Waals surface area contributed by atoms with Gasteiger partial charge in [0.25, 0.3) is 0 Å². The molecule has 0 bridgehead atoms. The van der Waals surface area contributed by atoms with Gasteiger partial charge < -0.3 is 14.9 Å². The maximum atomic E-state index is 10.1. The van der Waals surface area contributed by atoms with Crippen LogP contribution in [0.2, 0.25) is 0 Å². The average molecular weight is 271 g/mol. The first kappa shape index (κ1) is 12.9. The minimum Gasteiger partial charge on any atom is -0.504 e. The molecule has 1 aliphatic rings. The van der Waals surface area contributed by atoms with Crippen LogP contribution in [0.5, 0.6) is 11.5 Å². The molecule has 0 spiro atoms. The van der Waals surface area contributed by atoms with E-state index in [9.17, 15) is 10.2 Å². The number of rotatable bonds is 2. The van der Waals surface area contributed by atoms with E-state index < -0.39 is 0 Å². The Morgan fingerprint density at radius 3 is 2.65 bits per heavy atom. The van der Waals surface area contributed by atoms with E-state index in [-0.39, 0.29) is 23.7 Å². The number of nitrogens with zero attached hydrogens (tertiary/aromatic N) is 1. The summed E-state index contributed by atoms with van der Waals surface area (Å²) in [5, 5.41) is 19.8. The fourth-order valence-electron chi connectivity index (χ4n) is 2.75. The standard InChI is InChI=1S/C16H17NO3/c1-2-14-11-3-4-13(18)16(19)12(11)9-15(20-14)10-5-7-17-8-6-10/h3-8,14-15,18-19H,2,9H2,1H3. The number of hydrogen-bond acceptors (Lipinski definition) is 4.